The van der Waals surface area contributed by atoms with E-state index in [-0.39, 0.29) is 5.78 Å². The van der Waals surface area contributed by atoms with Crippen LogP contribution < -0.4 is 5.32 Å². The van der Waals surface area contributed by atoms with Crippen LogP contribution in [0.4, 0.5) is 10.8 Å². The zero-order chi connectivity index (χ0) is 18.3. The van der Waals surface area contributed by atoms with Crippen molar-refractivity contribution in [2.75, 3.05) is 5.32 Å². The number of aromatic amines is 1. The molecule has 2 aromatic carbocycles. The molecule has 0 saturated heterocycles. The normalized spacial score (nSPS) is 11.0. The number of aromatic nitrogens is 2. The van der Waals surface area contributed by atoms with E-state index >= 15 is 0 Å². The Morgan fingerprint density at radius 1 is 1.19 bits per heavy atom. The molecule has 0 bridgehead atoms. The fraction of sp³-hybridized carbons (Fsp3) is 0.100. The third-order valence-corrected chi connectivity index (χ3v) is 5.24. The Kier molecular flexibility index (Phi) is 4.26. The molecule has 130 valence electrons. The number of carbonyl (C=O) groups excluding carboxylic acids is 1. The molecule has 2 N–H and O–H groups in total. The molecule has 0 unspecified atom stereocenters. The summed E-state index contributed by atoms with van der Waals surface area (Å²) in [5.74, 6) is 0.0570. The van der Waals surface area contributed by atoms with Crippen molar-refractivity contribution in [2.24, 2.45) is 0 Å². The predicted molar refractivity (Wildman–Crippen MR) is 109 cm³/mol. The lowest BCUT2D eigenvalue weighted by atomic mass is 10.1. The molecule has 0 fully saturated rings. The maximum Gasteiger partial charge on any atom is 0.187 e. The molecular weight excluding hydrogens is 366 g/mol. The second-order valence-electron chi connectivity index (χ2n) is 6.11. The first kappa shape index (κ1) is 16.8. The van der Waals surface area contributed by atoms with Gasteiger partial charge in [-0.05, 0) is 56.3 Å². The number of H-pyrrole nitrogens is 1. The average Bonchev–Trinajstić information content (AvgIpc) is 3.18. The highest BCUT2D eigenvalue weighted by Gasteiger charge is 2.14. The molecule has 0 spiro atoms. The van der Waals surface area contributed by atoms with Crippen LogP contribution in [-0.4, -0.2) is 15.8 Å². The van der Waals surface area contributed by atoms with Gasteiger partial charge in [0.05, 0.1) is 5.69 Å². The highest BCUT2D eigenvalue weighted by atomic mass is 35.5. The van der Waals surface area contributed by atoms with E-state index in [9.17, 15) is 4.79 Å². The Hall–Kier alpha value is -2.63. The van der Waals surface area contributed by atoms with Gasteiger partial charge in [0.1, 0.15) is 0 Å². The molecule has 0 atom stereocenters. The van der Waals surface area contributed by atoms with Crippen LogP contribution in [0, 0.1) is 6.92 Å². The van der Waals surface area contributed by atoms with Crippen LogP contribution in [0.5, 0.6) is 0 Å². The molecule has 6 heteroatoms. The Morgan fingerprint density at radius 2 is 1.96 bits per heavy atom. The van der Waals surface area contributed by atoms with Crippen molar-refractivity contribution in [3.63, 3.8) is 0 Å². The molecule has 4 rings (SSSR count). The average molecular weight is 382 g/mol. The molecule has 0 aliphatic carbocycles. The first-order valence-electron chi connectivity index (χ1n) is 8.13. The molecule has 0 saturated carbocycles. The van der Waals surface area contributed by atoms with Crippen molar-refractivity contribution < 1.29 is 4.79 Å². The highest BCUT2D eigenvalue weighted by Crippen LogP contribution is 2.35. The summed E-state index contributed by atoms with van der Waals surface area (Å²) in [6, 6.07) is 13.2. The molecule has 2 heterocycles. The fourth-order valence-corrected chi connectivity index (χ4v) is 3.88. The van der Waals surface area contributed by atoms with Crippen molar-refractivity contribution in [2.45, 2.75) is 13.8 Å². The van der Waals surface area contributed by atoms with Crippen molar-refractivity contribution in [1.82, 2.24) is 9.97 Å². The fourth-order valence-electron chi connectivity index (χ4n) is 2.99. The molecule has 0 aliphatic rings. The molecule has 26 heavy (non-hydrogen) atoms. The number of rotatable bonds is 4. The van der Waals surface area contributed by atoms with Crippen LogP contribution in [0.25, 0.3) is 22.2 Å². The quantitative estimate of drug-likeness (QED) is 0.414. The zero-order valence-electron chi connectivity index (χ0n) is 14.3. The van der Waals surface area contributed by atoms with Gasteiger partial charge >= 0.3 is 0 Å². The van der Waals surface area contributed by atoms with Crippen LogP contribution in [0.3, 0.4) is 0 Å². The number of thiazole rings is 1. The first-order chi connectivity index (χ1) is 12.5. The van der Waals surface area contributed by atoms with Gasteiger partial charge < -0.3 is 10.3 Å². The lowest BCUT2D eigenvalue weighted by molar-refractivity contribution is 0.101. The van der Waals surface area contributed by atoms with Crippen molar-refractivity contribution in [3.05, 3.63) is 64.1 Å². The summed E-state index contributed by atoms with van der Waals surface area (Å²) in [7, 11) is 0. The van der Waals surface area contributed by atoms with Crippen LogP contribution in [0.15, 0.2) is 47.8 Å². The number of nitrogens with one attached hydrogen (secondary N) is 2. The standard InChI is InChI=1S/C20H16ClN3OS/c1-11-19(16-9-14(21)5-8-17(16)22-11)18-10-26-20(24-18)23-15-6-3-13(4-7-15)12(2)25/h3-10,22H,1-2H3,(H,23,24). The minimum absolute atomic E-state index is 0.0570. The lowest BCUT2D eigenvalue weighted by Gasteiger charge is -2.03. The topological polar surface area (TPSA) is 57.8 Å². The maximum absolute atomic E-state index is 11.4. The number of ketones is 1. The van der Waals surface area contributed by atoms with Crippen LogP contribution >= 0.6 is 22.9 Å². The van der Waals surface area contributed by atoms with Gasteiger partial charge in [0, 0.05) is 43.8 Å². The lowest BCUT2D eigenvalue weighted by Crippen LogP contribution is -1.93. The van der Waals surface area contributed by atoms with E-state index in [1.54, 1.807) is 6.92 Å². The number of aryl methyl sites for hydroxylation is 1. The van der Waals surface area contributed by atoms with E-state index in [2.05, 4.69) is 10.3 Å². The van der Waals surface area contributed by atoms with Gasteiger partial charge in [-0.25, -0.2) is 4.98 Å². The van der Waals surface area contributed by atoms with E-state index in [0.717, 1.165) is 38.7 Å². The summed E-state index contributed by atoms with van der Waals surface area (Å²) in [6.45, 7) is 3.60. The second-order valence-corrected chi connectivity index (χ2v) is 7.41. The number of carbonyl (C=O) groups is 1. The third kappa shape index (κ3) is 3.11. The molecule has 0 aliphatic heterocycles. The smallest absolute Gasteiger partial charge is 0.187 e. The van der Waals surface area contributed by atoms with Crippen molar-refractivity contribution >= 4 is 50.4 Å². The number of anilines is 2. The van der Waals surface area contributed by atoms with Crippen LogP contribution in [-0.2, 0) is 0 Å². The summed E-state index contributed by atoms with van der Waals surface area (Å²) in [6.07, 6.45) is 0. The van der Waals surface area contributed by atoms with E-state index in [4.69, 9.17) is 16.6 Å². The van der Waals surface area contributed by atoms with Crippen molar-refractivity contribution in [1.29, 1.82) is 0 Å². The number of benzene rings is 2. The number of Topliss-reactive ketones (excluding diaryl/α,β-unsaturated/α-hetero) is 1. The van der Waals surface area contributed by atoms with Crippen LogP contribution in [0.1, 0.15) is 23.0 Å². The minimum Gasteiger partial charge on any atom is -0.358 e. The van der Waals surface area contributed by atoms with Gasteiger partial charge in [0.2, 0.25) is 0 Å². The molecule has 4 aromatic rings. The SMILES string of the molecule is CC(=O)c1ccc(Nc2nc(-c3c(C)[nH]c4ccc(Cl)cc34)cs2)cc1. The van der Waals surface area contributed by atoms with Gasteiger partial charge in [0.25, 0.3) is 0 Å². The Morgan fingerprint density at radius 3 is 2.69 bits per heavy atom. The molecule has 4 nitrogen and oxygen atoms in total. The number of fused-ring (bicyclic) bond motifs is 1. The largest absolute Gasteiger partial charge is 0.358 e. The summed E-state index contributed by atoms with van der Waals surface area (Å²) >= 11 is 7.71. The van der Waals surface area contributed by atoms with Gasteiger partial charge in [-0.15, -0.1) is 11.3 Å². The summed E-state index contributed by atoms with van der Waals surface area (Å²) in [5, 5.41) is 7.89. The second kappa shape index (κ2) is 6.59. The summed E-state index contributed by atoms with van der Waals surface area (Å²) in [5.41, 5.74) is 5.67. The van der Waals surface area contributed by atoms with Gasteiger partial charge in [-0.2, -0.15) is 0 Å². The van der Waals surface area contributed by atoms with E-state index in [0.29, 0.717) is 10.6 Å². The molecular formula is C20H16ClN3OS. The zero-order valence-corrected chi connectivity index (χ0v) is 15.8. The number of halogens is 1. The Bertz CT molecular complexity index is 1110. The molecule has 2 aromatic heterocycles. The minimum atomic E-state index is 0.0570. The third-order valence-electron chi connectivity index (χ3n) is 4.25. The molecule has 0 radical (unpaired) electrons. The van der Waals surface area contributed by atoms with Gasteiger partial charge in [-0.3, -0.25) is 4.79 Å². The Balaban J connectivity index is 1.65. The number of hydrogen-bond donors (Lipinski definition) is 2. The highest BCUT2D eigenvalue weighted by molar-refractivity contribution is 7.14. The van der Waals surface area contributed by atoms with E-state index in [1.165, 1.54) is 11.3 Å². The first-order valence-corrected chi connectivity index (χ1v) is 9.39. The number of nitrogens with zero attached hydrogens (tertiary/aromatic N) is 1. The van der Waals surface area contributed by atoms with E-state index < -0.39 is 0 Å². The van der Waals surface area contributed by atoms with Gasteiger partial charge in [-0.1, -0.05) is 11.6 Å². The molecule has 0 amide bonds. The maximum atomic E-state index is 11.4. The summed E-state index contributed by atoms with van der Waals surface area (Å²) < 4.78 is 0. The summed E-state index contributed by atoms with van der Waals surface area (Å²) in [4.78, 5) is 19.5. The van der Waals surface area contributed by atoms with Crippen molar-refractivity contribution in [3.8, 4) is 11.3 Å². The van der Waals surface area contributed by atoms with Gasteiger partial charge in [0.15, 0.2) is 10.9 Å². The number of hydrogen-bond acceptors (Lipinski definition) is 4. The van der Waals surface area contributed by atoms with E-state index in [1.807, 2.05) is 54.8 Å². The van der Waals surface area contributed by atoms with Crippen LogP contribution in [0.2, 0.25) is 5.02 Å². The predicted octanol–water partition coefficient (Wildman–Crippen LogP) is 6.20. The Labute approximate surface area is 159 Å². The monoisotopic (exact) mass is 381 g/mol.